The van der Waals surface area contributed by atoms with Crippen LogP contribution in [0, 0.1) is 18.8 Å². The molecule has 2 N–H and O–H groups in total. The average Bonchev–Trinajstić information content (AvgIpc) is 2.32. The highest BCUT2D eigenvalue weighted by Gasteiger charge is 2.26. The van der Waals surface area contributed by atoms with E-state index in [1.165, 1.54) is 41.3 Å². The van der Waals surface area contributed by atoms with Crippen LogP contribution < -0.4 is 5.73 Å². The molecule has 1 aliphatic rings. The van der Waals surface area contributed by atoms with Crippen LogP contribution >= 0.6 is 15.9 Å². The van der Waals surface area contributed by atoms with Gasteiger partial charge in [0, 0.05) is 10.5 Å². The van der Waals surface area contributed by atoms with Crippen molar-refractivity contribution < 1.29 is 0 Å². The van der Waals surface area contributed by atoms with Gasteiger partial charge in [-0.15, -0.1) is 0 Å². The van der Waals surface area contributed by atoms with Gasteiger partial charge in [0.05, 0.1) is 0 Å². The van der Waals surface area contributed by atoms with Gasteiger partial charge in [-0.05, 0) is 48.8 Å². The molecule has 1 saturated carbocycles. The van der Waals surface area contributed by atoms with Crippen molar-refractivity contribution in [3.63, 3.8) is 0 Å². The maximum absolute atomic E-state index is 6.48. The lowest BCUT2D eigenvalue weighted by molar-refractivity contribution is 0.247. The molecule has 0 heterocycles. The van der Waals surface area contributed by atoms with Crippen LogP contribution in [0.4, 0.5) is 0 Å². The summed E-state index contributed by atoms with van der Waals surface area (Å²) in [5.74, 6) is 1.50. The molecule has 0 aliphatic heterocycles. The Kier molecular flexibility index (Phi) is 4.26. The van der Waals surface area contributed by atoms with Crippen molar-refractivity contribution in [2.75, 3.05) is 0 Å². The number of nitrogens with two attached hydrogens (primary N) is 1. The van der Waals surface area contributed by atoms with Crippen LogP contribution in [-0.2, 0) is 0 Å². The zero-order valence-corrected chi connectivity index (χ0v) is 12.3. The molecule has 1 nitrogen and oxygen atoms in total. The first-order valence-corrected chi connectivity index (χ1v) is 7.39. The van der Waals surface area contributed by atoms with Crippen molar-refractivity contribution in [3.05, 3.63) is 33.8 Å². The number of hydrogen-bond acceptors (Lipinski definition) is 1. The zero-order chi connectivity index (χ0) is 12.4. The van der Waals surface area contributed by atoms with E-state index in [-0.39, 0.29) is 6.04 Å². The van der Waals surface area contributed by atoms with E-state index in [4.69, 9.17) is 5.73 Å². The summed E-state index contributed by atoms with van der Waals surface area (Å²) in [5.41, 5.74) is 9.10. The molecule has 2 heteroatoms. The Morgan fingerprint density at radius 1 is 1.35 bits per heavy atom. The molecule has 3 atom stereocenters. The van der Waals surface area contributed by atoms with Crippen LogP contribution in [-0.4, -0.2) is 0 Å². The first kappa shape index (κ1) is 13.1. The van der Waals surface area contributed by atoms with E-state index < -0.39 is 0 Å². The summed E-state index contributed by atoms with van der Waals surface area (Å²) < 4.78 is 1.18. The summed E-state index contributed by atoms with van der Waals surface area (Å²) in [6.07, 6.45) is 5.29. The Hall–Kier alpha value is -0.340. The molecule has 0 amide bonds. The number of halogens is 1. The molecule has 0 spiro atoms. The molecule has 94 valence electrons. The third kappa shape index (κ3) is 2.92. The molecule has 0 radical (unpaired) electrons. The van der Waals surface area contributed by atoms with Gasteiger partial charge >= 0.3 is 0 Å². The van der Waals surface area contributed by atoms with Crippen LogP contribution in [0.25, 0.3) is 0 Å². The lowest BCUT2D eigenvalue weighted by Crippen LogP contribution is -2.26. The first-order valence-electron chi connectivity index (χ1n) is 6.60. The summed E-state index contributed by atoms with van der Waals surface area (Å²) in [7, 11) is 0. The maximum Gasteiger partial charge on any atom is 0.0326 e. The second-order valence-corrected chi connectivity index (χ2v) is 6.37. The fourth-order valence-electron chi connectivity index (χ4n) is 3.05. The minimum atomic E-state index is 0.204. The Bertz CT molecular complexity index is 389. The van der Waals surface area contributed by atoms with E-state index in [1.54, 1.807) is 0 Å². The van der Waals surface area contributed by atoms with Crippen molar-refractivity contribution in [2.45, 2.75) is 45.6 Å². The smallest absolute Gasteiger partial charge is 0.0326 e. The lowest BCUT2D eigenvalue weighted by Gasteiger charge is -2.32. The standard InChI is InChI=1S/C15H22BrN/c1-10-5-3-6-12(9-10)15(17)13-7-4-8-14(16)11(13)2/h4,7-8,10,12,15H,3,5-6,9,17H2,1-2H3. The Balaban J connectivity index is 2.18. The van der Waals surface area contributed by atoms with Gasteiger partial charge in [0.2, 0.25) is 0 Å². The summed E-state index contributed by atoms with van der Waals surface area (Å²) in [4.78, 5) is 0. The molecule has 0 bridgehead atoms. The van der Waals surface area contributed by atoms with Crippen LogP contribution in [0.3, 0.4) is 0 Å². The molecule has 1 fully saturated rings. The molecule has 0 aromatic heterocycles. The van der Waals surface area contributed by atoms with Gasteiger partial charge in [-0.3, -0.25) is 0 Å². The lowest BCUT2D eigenvalue weighted by atomic mass is 9.76. The molecular formula is C15H22BrN. The third-order valence-electron chi connectivity index (χ3n) is 4.15. The van der Waals surface area contributed by atoms with Crippen molar-refractivity contribution in [2.24, 2.45) is 17.6 Å². The molecule has 1 aromatic carbocycles. The Morgan fingerprint density at radius 3 is 2.82 bits per heavy atom. The van der Waals surface area contributed by atoms with Crippen molar-refractivity contribution in [1.29, 1.82) is 0 Å². The fraction of sp³-hybridized carbons (Fsp3) is 0.600. The summed E-state index contributed by atoms with van der Waals surface area (Å²) in [5, 5.41) is 0. The molecule has 1 aromatic rings. The Morgan fingerprint density at radius 2 is 2.12 bits per heavy atom. The SMILES string of the molecule is Cc1c(Br)cccc1C(N)C1CCCC(C)C1. The second-order valence-electron chi connectivity index (χ2n) is 5.51. The molecule has 2 rings (SSSR count). The fourth-order valence-corrected chi connectivity index (χ4v) is 3.43. The Labute approximate surface area is 113 Å². The van der Waals surface area contributed by atoms with Gasteiger partial charge in [0.15, 0.2) is 0 Å². The highest BCUT2D eigenvalue weighted by atomic mass is 79.9. The molecule has 0 saturated heterocycles. The minimum Gasteiger partial charge on any atom is -0.324 e. The van der Waals surface area contributed by atoms with E-state index in [0.29, 0.717) is 5.92 Å². The third-order valence-corrected chi connectivity index (χ3v) is 5.01. The van der Waals surface area contributed by atoms with Crippen LogP contribution in [0.2, 0.25) is 0 Å². The highest BCUT2D eigenvalue weighted by molar-refractivity contribution is 9.10. The molecular weight excluding hydrogens is 274 g/mol. The van der Waals surface area contributed by atoms with Crippen LogP contribution in [0.5, 0.6) is 0 Å². The van der Waals surface area contributed by atoms with Gasteiger partial charge in [-0.25, -0.2) is 0 Å². The number of benzene rings is 1. The quantitative estimate of drug-likeness (QED) is 0.849. The van der Waals surface area contributed by atoms with Crippen molar-refractivity contribution >= 4 is 15.9 Å². The normalized spacial score (nSPS) is 26.8. The molecule has 3 unspecified atom stereocenters. The van der Waals surface area contributed by atoms with Gasteiger partial charge in [0.1, 0.15) is 0 Å². The predicted octanol–water partition coefficient (Wildman–Crippen LogP) is 4.58. The predicted molar refractivity (Wildman–Crippen MR) is 76.9 cm³/mol. The van der Waals surface area contributed by atoms with Gasteiger partial charge in [0.25, 0.3) is 0 Å². The van der Waals surface area contributed by atoms with Gasteiger partial charge in [-0.2, -0.15) is 0 Å². The number of rotatable bonds is 2. The van der Waals surface area contributed by atoms with E-state index in [0.717, 1.165) is 5.92 Å². The van der Waals surface area contributed by atoms with Gasteiger partial charge < -0.3 is 5.73 Å². The van der Waals surface area contributed by atoms with E-state index in [1.807, 2.05) is 0 Å². The summed E-state index contributed by atoms with van der Waals surface area (Å²) in [6, 6.07) is 6.58. The first-order chi connectivity index (χ1) is 8.09. The van der Waals surface area contributed by atoms with Crippen molar-refractivity contribution in [1.82, 2.24) is 0 Å². The van der Waals surface area contributed by atoms with Crippen molar-refractivity contribution in [3.8, 4) is 0 Å². The number of hydrogen-bond donors (Lipinski definition) is 1. The second kappa shape index (κ2) is 5.53. The highest BCUT2D eigenvalue weighted by Crippen LogP contribution is 2.37. The maximum atomic E-state index is 6.48. The topological polar surface area (TPSA) is 26.0 Å². The van der Waals surface area contributed by atoms with E-state index in [2.05, 4.69) is 48.0 Å². The van der Waals surface area contributed by atoms with Gasteiger partial charge in [-0.1, -0.05) is 47.8 Å². The molecule has 17 heavy (non-hydrogen) atoms. The van der Waals surface area contributed by atoms with E-state index in [9.17, 15) is 0 Å². The minimum absolute atomic E-state index is 0.204. The summed E-state index contributed by atoms with van der Waals surface area (Å²) >= 11 is 3.59. The van der Waals surface area contributed by atoms with Crippen LogP contribution in [0.15, 0.2) is 22.7 Å². The monoisotopic (exact) mass is 295 g/mol. The molecule has 1 aliphatic carbocycles. The van der Waals surface area contributed by atoms with Crippen LogP contribution in [0.1, 0.15) is 49.8 Å². The summed E-state index contributed by atoms with van der Waals surface area (Å²) in [6.45, 7) is 4.51. The van der Waals surface area contributed by atoms with E-state index >= 15 is 0 Å². The zero-order valence-electron chi connectivity index (χ0n) is 10.7. The average molecular weight is 296 g/mol. The largest absolute Gasteiger partial charge is 0.324 e.